The van der Waals surface area contributed by atoms with Gasteiger partial charge < -0.3 is 10.5 Å². The van der Waals surface area contributed by atoms with E-state index in [1.54, 1.807) is 19.1 Å². The van der Waals surface area contributed by atoms with Crippen molar-refractivity contribution in [3.05, 3.63) is 36.0 Å². The number of ether oxygens (including phenoxy) is 1. The Kier molecular flexibility index (Phi) is 4.09. The van der Waals surface area contributed by atoms with Gasteiger partial charge in [0.25, 0.3) is 0 Å². The SMILES string of the molecule is CCOC(=O)c1nnn(CC(N)=O)c1-c1ccccc1. The Balaban J connectivity index is 2.51. The molecular weight excluding hydrogens is 260 g/mol. The number of hydrogen-bond donors (Lipinski definition) is 1. The lowest BCUT2D eigenvalue weighted by atomic mass is 10.1. The van der Waals surface area contributed by atoms with Gasteiger partial charge in [0.2, 0.25) is 5.91 Å². The van der Waals surface area contributed by atoms with Crippen LogP contribution >= 0.6 is 0 Å². The lowest BCUT2D eigenvalue weighted by Crippen LogP contribution is -2.20. The normalized spacial score (nSPS) is 10.2. The molecule has 7 nitrogen and oxygen atoms in total. The Morgan fingerprint density at radius 2 is 2.00 bits per heavy atom. The van der Waals surface area contributed by atoms with Crippen LogP contribution in [0.4, 0.5) is 0 Å². The quantitative estimate of drug-likeness (QED) is 0.805. The molecule has 0 aliphatic heterocycles. The first-order valence-electron chi connectivity index (χ1n) is 6.07. The van der Waals surface area contributed by atoms with Crippen molar-refractivity contribution in [2.45, 2.75) is 13.5 Å². The second-order valence-electron chi connectivity index (χ2n) is 4.00. The van der Waals surface area contributed by atoms with Crippen LogP contribution in [0, 0.1) is 0 Å². The third-order valence-corrected chi connectivity index (χ3v) is 2.56. The Bertz CT molecular complexity index is 622. The maximum absolute atomic E-state index is 11.9. The fraction of sp³-hybridized carbons (Fsp3) is 0.231. The fourth-order valence-electron chi connectivity index (χ4n) is 1.79. The number of nitrogens with zero attached hydrogens (tertiary/aromatic N) is 3. The van der Waals surface area contributed by atoms with E-state index in [0.29, 0.717) is 11.3 Å². The molecule has 0 aliphatic rings. The zero-order valence-corrected chi connectivity index (χ0v) is 10.9. The van der Waals surface area contributed by atoms with Crippen molar-refractivity contribution in [3.8, 4) is 11.3 Å². The number of nitrogens with two attached hydrogens (primary N) is 1. The third-order valence-electron chi connectivity index (χ3n) is 2.56. The van der Waals surface area contributed by atoms with E-state index in [9.17, 15) is 9.59 Å². The van der Waals surface area contributed by atoms with Crippen LogP contribution < -0.4 is 5.73 Å². The number of primary amides is 1. The average molecular weight is 274 g/mol. The number of esters is 1. The van der Waals surface area contributed by atoms with Crippen molar-refractivity contribution in [1.82, 2.24) is 15.0 Å². The molecule has 7 heteroatoms. The summed E-state index contributed by atoms with van der Waals surface area (Å²) in [6.07, 6.45) is 0. The van der Waals surface area contributed by atoms with Gasteiger partial charge >= 0.3 is 5.97 Å². The molecule has 0 saturated carbocycles. The van der Waals surface area contributed by atoms with Crippen molar-refractivity contribution in [3.63, 3.8) is 0 Å². The molecule has 0 atom stereocenters. The van der Waals surface area contributed by atoms with Crippen molar-refractivity contribution >= 4 is 11.9 Å². The number of carbonyl (C=O) groups is 2. The summed E-state index contributed by atoms with van der Waals surface area (Å²) in [5, 5.41) is 7.60. The minimum Gasteiger partial charge on any atom is -0.461 e. The number of amides is 1. The highest BCUT2D eigenvalue weighted by Gasteiger charge is 2.22. The highest BCUT2D eigenvalue weighted by atomic mass is 16.5. The van der Waals surface area contributed by atoms with E-state index >= 15 is 0 Å². The van der Waals surface area contributed by atoms with Crippen LogP contribution in [0.15, 0.2) is 30.3 Å². The van der Waals surface area contributed by atoms with Gasteiger partial charge in [-0.15, -0.1) is 5.10 Å². The summed E-state index contributed by atoms with van der Waals surface area (Å²) in [5.41, 5.74) is 6.37. The smallest absolute Gasteiger partial charge is 0.361 e. The molecule has 0 saturated heterocycles. The van der Waals surface area contributed by atoms with E-state index in [1.165, 1.54) is 4.68 Å². The standard InChI is InChI=1S/C13H14N4O3/c1-2-20-13(19)11-12(9-6-4-3-5-7-9)17(16-15-11)8-10(14)18/h3-7H,2,8H2,1H3,(H2,14,18). The van der Waals surface area contributed by atoms with Crippen LogP contribution in [-0.4, -0.2) is 33.5 Å². The number of aromatic nitrogens is 3. The molecule has 1 amide bonds. The first kappa shape index (κ1) is 13.7. The van der Waals surface area contributed by atoms with Crippen LogP contribution in [0.2, 0.25) is 0 Å². The molecule has 0 fully saturated rings. The van der Waals surface area contributed by atoms with Crippen molar-refractivity contribution in [2.75, 3.05) is 6.61 Å². The van der Waals surface area contributed by atoms with E-state index in [1.807, 2.05) is 18.2 Å². The first-order valence-corrected chi connectivity index (χ1v) is 6.07. The number of hydrogen-bond acceptors (Lipinski definition) is 5. The van der Waals surface area contributed by atoms with Crippen molar-refractivity contribution in [1.29, 1.82) is 0 Å². The van der Waals surface area contributed by atoms with Gasteiger partial charge in [-0.1, -0.05) is 35.5 Å². The van der Waals surface area contributed by atoms with Gasteiger partial charge in [0.1, 0.15) is 12.2 Å². The summed E-state index contributed by atoms with van der Waals surface area (Å²) in [5.74, 6) is -1.15. The van der Waals surface area contributed by atoms with E-state index in [-0.39, 0.29) is 18.8 Å². The maximum Gasteiger partial charge on any atom is 0.361 e. The van der Waals surface area contributed by atoms with E-state index in [2.05, 4.69) is 10.3 Å². The Morgan fingerprint density at radius 1 is 1.30 bits per heavy atom. The molecule has 1 aromatic heterocycles. The predicted octanol–water partition coefficient (Wildman–Crippen LogP) is 0.607. The van der Waals surface area contributed by atoms with E-state index in [4.69, 9.17) is 10.5 Å². The number of carbonyl (C=O) groups excluding carboxylic acids is 2. The largest absolute Gasteiger partial charge is 0.461 e. The summed E-state index contributed by atoms with van der Waals surface area (Å²) >= 11 is 0. The third kappa shape index (κ3) is 2.82. The molecule has 0 radical (unpaired) electrons. The highest BCUT2D eigenvalue weighted by Crippen LogP contribution is 2.22. The predicted molar refractivity (Wildman–Crippen MR) is 70.6 cm³/mol. The minimum atomic E-state index is -0.581. The van der Waals surface area contributed by atoms with Gasteiger partial charge in [-0.2, -0.15) is 0 Å². The molecule has 0 aliphatic carbocycles. The summed E-state index contributed by atoms with van der Waals surface area (Å²) in [7, 11) is 0. The van der Waals surface area contributed by atoms with Crippen molar-refractivity contribution < 1.29 is 14.3 Å². The van der Waals surface area contributed by atoms with Crippen LogP contribution in [0.3, 0.4) is 0 Å². The summed E-state index contributed by atoms with van der Waals surface area (Å²) in [4.78, 5) is 23.0. The summed E-state index contributed by atoms with van der Waals surface area (Å²) in [6.45, 7) is 1.78. The molecule has 0 bridgehead atoms. The van der Waals surface area contributed by atoms with Crippen molar-refractivity contribution in [2.24, 2.45) is 5.73 Å². The van der Waals surface area contributed by atoms with Crippen LogP contribution in [-0.2, 0) is 16.1 Å². The molecule has 1 heterocycles. The second-order valence-corrected chi connectivity index (χ2v) is 4.00. The number of rotatable bonds is 5. The summed E-state index contributed by atoms with van der Waals surface area (Å²) < 4.78 is 6.23. The maximum atomic E-state index is 11.9. The van der Waals surface area contributed by atoms with E-state index < -0.39 is 11.9 Å². The molecule has 1 aromatic carbocycles. The Morgan fingerprint density at radius 3 is 2.60 bits per heavy atom. The molecule has 2 rings (SSSR count). The molecule has 104 valence electrons. The topological polar surface area (TPSA) is 100 Å². The van der Waals surface area contributed by atoms with Gasteiger partial charge in [0.05, 0.1) is 6.61 Å². The van der Waals surface area contributed by atoms with Gasteiger partial charge in [-0.25, -0.2) is 9.48 Å². The van der Waals surface area contributed by atoms with Crippen LogP contribution in [0.25, 0.3) is 11.3 Å². The van der Waals surface area contributed by atoms with Crippen LogP contribution in [0.1, 0.15) is 17.4 Å². The Labute approximate surface area is 115 Å². The van der Waals surface area contributed by atoms with E-state index in [0.717, 1.165) is 0 Å². The minimum absolute atomic E-state index is 0.0688. The molecular formula is C13H14N4O3. The lowest BCUT2D eigenvalue weighted by molar-refractivity contribution is -0.118. The highest BCUT2D eigenvalue weighted by molar-refractivity contribution is 5.94. The second kappa shape index (κ2) is 5.96. The van der Waals surface area contributed by atoms with Gasteiger partial charge in [-0.3, -0.25) is 4.79 Å². The molecule has 2 N–H and O–H groups in total. The monoisotopic (exact) mass is 274 g/mol. The van der Waals surface area contributed by atoms with Gasteiger partial charge in [-0.05, 0) is 6.92 Å². The fourth-order valence-corrected chi connectivity index (χ4v) is 1.79. The lowest BCUT2D eigenvalue weighted by Gasteiger charge is -2.06. The molecule has 20 heavy (non-hydrogen) atoms. The molecule has 2 aromatic rings. The number of benzene rings is 1. The molecule has 0 unspecified atom stereocenters. The van der Waals surface area contributed by atoms with Gasteiger partial charge in [0.15, 0.2) is 5.69 Å². The Hall–Kier alpha value is -2.70. The molecule has 0 spiro atoms. The zero-order chi connectivity index (χ0) is 14.5. The van der Waals surface area contributed by atoms with Crippen LogP contribution in [0.5, 0.6) is 0 Å². The zero-order valence-electron chi connectivity index (χ0n) is 10.9. The van der Waals surface area contributed by atoms with Gasteiger partial charge in [0, 0.05) is 5.56 Å². The average Bonchev–Trinajstić information content (AvgIpc) is 2.83. The summed E-state index contributed by atoms with van der Waals surface area (Å²) in [6, 6.07) is 9.05. The first-order chi connectivity index (χ1) is 9.63.